The Morgan fingerprint density at radius 2 is 1.82 bits per heavy atom. The van der Waals surface area contributed by atoms with Crippen molar-refractivity contribution >= 4 is 33.5 Å². The summed E-state index contributed by atoms with van der Waals surface area (Å²) >= 11 is 0. The highest BCUT2D eigenvalue weighted by Gasteiger charge is 2.21. The van der Waals surface area contributed by atoms with Gasteiger partial charge < -0.3 is 10.2 Å². The molecule has 4 aromatic rings. The third-order valence-electron chi connectivity index (χ3n) is 5.41. The third kappa shape index (κ3) is 2.75. The van der Waals surface area contributed by atoms with Crippen LogP contribution in [0, 0.1) is 6.92 Å². The number of piperazine rings is 1. The maximum atomic E-state index is 13.3. The topological polar surface area (TPSA) is 50.2 Å². The number of rotatable bonds is 2. The van der Waals surface area contributed by atoms with Gasteiger partial charge in [-0.3, -0.25) is 9.36 Å². The van der Waals surface area contributed by atoms with Crippen LogP contribution in [0.25, 0.3) is 21.8 Å². The quantitative estimate of drug-likeness (QED) is 0.586. The molecule has 1 aliphatic heterocycles. The molecule has 0 unspecified atom stereocenters. The van der Waals surface area contributed by atoms with E-state index in [1.165, 1.54) is 0 Å². The minimum absolute atomic E-state index is 0.0127. The van der Waals surface area contributed by atoms with Gasteiger partial charge in [-0.25, -0.2) is 4.98 Å². The average Bonchev–Trinajstić information content (AvgIpc) is 3.19. The summed E-state index contributed by atoms with van der Waals surface area (Å²) in [5.41, 5.74) is 3.63. The summed E-state index contributed by atoms with van der Waals surface area (Å²) in [6, 6.07) is 17.9. The van der Waals surface area contributed by atoms with E-state index in [0.29, 0.717) is 5.56 Å². The van der Waals surface area contributed by atoms with Crippen LogP contribution in [0.1, 0.15) is 15.9 Å². The number of pyridine rings is 1. The summed E-state index contributed by atoms with van der Waals surface area (Å²) in [5, 5.41) is 5.42. The Hall–Kier alpha value is -3.18. The Morgan fingerprint density at radius 3 is 2.64 bits per heavy atom. The smallest absolute Gasteiger partial charge is 0.262 e. The number of fused-ring (bicyclic) bond motifs is 3. The average molecular weight is 370 g/mol. The molecule has 5 heteroatoms. The second-order valence-electron chi connectivity index (χ2n) is 7.31. The Labute approximate surface area is 163 Å². The van der Waals surface area contributed by atoms with Gasteiger partial charge in [-0.1, -0.05) is 35.9 Å². The Kier molecular flexibility index (Phi) is 4.10. The van der Waals surface area contributed by atoms with Crippen molar-refractivity contribution in [3.63, 3.8) is 0 Å². The highest BCUT2D eigenvalue weighted by atomic mass is 16.2. The molecule has 2 aromatic heterocycles. The lowest BCUT2D eigenvalue weighted by molar-refractivity contribution is 0.0965. The van der Waals surface area contributed by atoms with Crippen LogP contribution in [0.3, 0.4) is 0 Å². The van der Waals surface area contributed by atoms with Crippen molar-refractivity contribution < 1.29 is 4.79 Å². The van der Waals surface area contributed by atoms with Gasteiger partial charge in [0, 0.05) is 48.7 Å². The van der Waals surface area contributed by atoms with E-state index in [0.717, 1.165) is 59.4 Å². The Morgan fingerprint density at radius 1 is 1.00 bits per heavy atom. The number of nitrogens with zero attached hydrogens (tertiary/aromatic N) is 3. The van der Waals surface area contributed by atoms with Gasteiger partial charge in [-0.05, 0) is 31.2 Å². The molecule has 0 aliphatic carbocycles. The van der Waals surface area contributed by atoms with Gasteiger partial charge in [0.2, 0.25) is 0 Å². The lowest BCUT2D eigenvalue weighted by Crippen LogP contribution is -2.44. The zero-order chi connectivity index (χ0) is 19.1. The van der Waals surface area contributed by atoms with Crippen molar-refractivity contribution in [2.45, 2.75) is 6.92 Å². The molecule has 0 spiro atoms. The first-order valence-electron chi connectivity index (χ1n) is 9.69. The van der Waals surface area contributed by atoms with Gasteiger partial charge in [-0.2, -0.15) is 0 Å². The molecule has 5 nitrogen and oxygen atoms in total. The van der Waals surface area contributed by atoms with Crippen LogP contribution in [0.15, 0.2) is 60.8 Å². The fourth-order valence-electron chi connectivity index (χ4n) is 4.04. The van der Waals surface area contributed by atoms with Crippen LogP contribution in [-0.2, 0) is 0 Å². The predicted molar refractivity (Wildman–Crippen MR) is 113 cm³/mol. The SMILES string of the molecule is Cc1cccc(C(=O)n2ccc3c(N4CCNCC4)nc4ccccc4c32)c1. The summed E-state index contributed by atoms with van der Waals surface area (Å²) in [7, 11) is 0. The first-order chi connectivity index (χ1) is 13.7. The van der Waals surface area contributed by atoms with Crippen molar-refractivity contribution in [2.24, 2.45) is 0 Å². The molecule has 1 saturated heterocycles. The zero-order valence-electron chi connectivity index (χ0n) is 15.9. The van der Waals surface area contributed by atoms with E-state index < -0.39 is 0 Å². The molecule has 2 aromatic carbocycles. The van der Waals surface area contributed by atoms with Crippen molar-refractivity contribution in [2.75, 3.05) is 31.1 Å². The molecule has 0 radical (unpaired) electrons. The molecule has 5 rings (SSSR count). The number of benzene rings is 2. The van der Waals surface area contributed by atoms with E-state index in [2.05, 4.69) is 10.2 Å². The number of aryl methyl sites for hydroxylation is 1. The fraction of sp³-hybridized carbons (Fsp3) is 0.217. The molecule has 0 amide bonds. The first kappa shape index (κ1) is 17.0. The maximum absolute atomic E-state index is 13.3. The lowest BCUT2D eigenvalue weighted by atomic mass is 10.1. The van der Waals surface area contributed by atoms with E-state index in [9.17, 15) is 4.79 Å². The van der Waals surface area contributed by atoms with Gasteiger partial charge in [0.15, 0.2) is 0 Å². The Balaban J connectivity index is 1.75. The monoisotopic (exact) mass is 370 g/mol. The zero-order valence-corrected chi connectivity index (χ0v) is 15.9. The molecular weight excluding hydrogens is 348 g/mol. The summed E-state index contributed by atoms with van der Waals surface area (Å²) in [6.45, 7) is 5.72. The van der Waals surface area contributed by atoms with E-state index in [4.69, 9.17) is 4.98 Å². The van der Waals surface area contributed by atoms with E-state index in [-0.39, 0.29) is 5.91 Å². The van der Waals surface area contributed by atoms with Crippen LogP contribution in [-0.4, -0.2) is 41.6 Å². The molecule has 0 atom stereocenters. The van der Waals surface area contributed by atoms with Crippen LogP contribution in [0.2, 0.25) is 0 Å². The van der Waals surface area contributed by atoms with Gasteiger partial charge in [0.25, 0.3) is 5.91 Å². The highest BCUT2D eigenvalue weighted by molar-refractivity contribution is 6.14. The predicted octanol–water partition coefficient (Wildman–Crippen LogP) is 3.60. The number of anilines is 1. The van der Waals surface area contributed by atoms with Crippen LogP contribution >= 0.6 is 0 Å². The van der Waals surface area contributed by atoms with Crippen LogP contribution in [0.4, 0.5) is 5.82 Å². The number of hydrogen-bond acceptors (Lipinski definition) is 4. The number of hydrogen-bond donors (Lipinski definition) is 1. The summed E-state index contributed by atoms with van der Waals surface area (Å²) in [5.74, 6) is 0.951. The number of carbonyl (C=O) groups is 1. The third-order valence-corrected chi connectivity index (χ3v) is 5.41. The first-order valence-corrected chi connectivity index (χ1v) is 9.69. The molecule has 3 heterocycles. The van der Waals surface area contributed by atoms with Gasteiger partial charge in [0.05, 0.1) is 11.0 Å². The fourth-order valence-corrected chi connectivity index (χ4v) is 4.04. The van der Waals surface area contributed by atoms with Crippen LogP contribution < -0.4 is 10.2 Å². The minimum atomic E-state index is -0.0127. The van der Waals surface area contributed by atoms with Crippen molar-refractivity contribution in [1.29, 1.82) is 0 Å². The molecule has 0 bridgehead atoms. The van der Waals surface area contributed by atoms with Crippen molar-refractivity contribution in [1.82, 2.24) is 14.9 Å². The molecule has 1 aliphatic rings. The molecule has 140 valence electrons. The second kappa shape index (κ2) is 6.77. The summed E-state index contributed by atoms with van der Waals surface area (Å²) in [6.07, 6.45) is 1.88. The summed E-state index contributed by atoms with van der Waals surface area (Å²) in [4.78, 5) is 20.6. The summed E-state index contributed by atoms with van der Waals surface area (Å²) < 4.78 is 1.78. The van der Waals surface area contributed by atoms with Gasteiger partial charge in [0.1, 0.15) is 5.82 Å². The van der Waals surface area contributed by atoms with E-state index >= 15 is 0 Å². The lowest BCUT2D eigenvalue weighted by Gasteiger charge is -2.29. The molecule has 0 saturated carbocycles. The molecular formula is C23H22N4O. The normalized spacial score (nSPS) is 14.7. The Bertz CT molecular complexity index is 1190. The number of nitrogens with one attached hydrogen (secondary N) is 1. The molecule has 1 fully saturated rings. The number of para-hydroxylation sites is 1. The van der Waals surface area contributed by atoms with E-state index in [1.54, 1.807) is 4.57 Å². The second-order valence-corrected chi connectivity index (χ2v) is 7.31. The van der Waals surface area contributed by atoms with Gasteiger partial charge in [-0.15, -0.1) is 0 Å². The molecule has 28 heavy (non-hydrogen) atoms. The number of carbonyl (C=O) groups excluding carboxylic acids is 1. The largest absolute Gasteiger partial charge is 0.353 e. The highest BCUT2D eigenvalue weighted by Crippen LogP contribution is 2.33. The van der Waals surface area contributed by atoms with Crippen molar-refractivity contribution in [3.8, 4) is 0 Å². The van der Waals surface area contributed by atoms with Gasteiger partial charge >= 0.3 is 0 Å². The van der Waals surface area contributed by atoms with E-state index in [1.807, 2.05) is 67.7 Å². The molecule has 1 N–H and O–H groups in total. The number of aromatic nitrogens is 2. The van der Waals surface area contributed by atoms with Crippen LogP contribution in [0.5, 0.6) is 0 Å². The maximum Gasteiger partial charge on any atom is 0.262 e. The minimum Gasteiger partial charge on any atom is -0.353 e. The standard InChI is InChI=1S/C23H22N4O/c1-16-5-4-6-17(15-16)23(28)27-12-9-19-21(27)18-7-2-3-8-20(18)25-22(19)26-13-10-24-11-14-26/h2-9,12,15,24H,10-11,13-14H2,1H3. The van der Waals surface area contributed by atoms with Crippen molar-refractivity contribution in [3.05, 3.63) is 71.9 Å².